The molecule has 8 nitrogen and oxygen atoms in total. The molecule has 2 aromatic rings. The third-order valence-electron chi connectivity index (χ3n) is 6.01. The van der Waals surface area contributed by atoms with Crippen molar-refractivity contribution in [3.8, 4) is 11.1 Å². The van der Waals surface area contributed by atoms with Crippen LogP contribution in [0, 0.1) is 0 Å². The number of carboxylic acids is 1. The van der Waals surface area contributed by atoms with Crippen molar-refractivity contribution in [2.75, 3.05) is 19.8 Å². The molecule has 3 N–H and O–H groups in total. The molecule has 172 valence electrons. The van der Waals surface area contributed by atoms with E-state index in [-0.39, 0.29) is 25.7 Å². The number of nitrogens with one attached hydrogen (secondary N) is 2. The molecule has 1 heterocycles. The number of hydrogen-bond acceptors (Lipinski definition) is 5. The van der Waals surface area contributed by atoms with Crippen LogP contribution in [0.2, 0.25) is 0 Å². The van der Waals surface area contributed by atoms with Gasteiger partial charge in [0.2, 0.25) is 5.91 Å². The molecule has 1 aliphatic carbocycles. The summed E-state index contributed by atoms with van der Waals surface area (Å²) in [5.74, 6) is -1.52. The Labute approximate surface area is 191 Å². The lowest BCUT2D eigenvalue weighted by molar-refractivity contribution is -0.148. The van der Waals surface area contributed by atoms with E-state index in [9.17, 15) is 14.4 Å². The smallest absolute Gasteiger partial charge is 0.407 e. The first kappa shape index (κ1) is 22.5. The van der Waals surface area contributed by atoms with Gasteiger partial charge in [-0.05, 0) is 35.6 Å². The maximum absolute atomic E-state index is 12.3. The predicted molar refractivity (Wildman–Crippen MR) is 121 cm³/mol. The van der Waals surface area contributed by atoms with Gasteiger partial charge in [0.15, 0.2) is 6.10 Å². The summed E-state index contributed by atoms with van der Waals surface area (Å²) in [6.07, 6.45) is 0.383. The summed E-state index contributed by atoms with van der Waals surface area (Å²) >= 11 is 0. The summed E-state index contributed by atoms with van der Waals surface area (Å²) in [6.45, 7) is 2.20. The molecule has 0 radical (unpaired) electrons. The average Bonchev–Trinajstić information content (AvgIpc) is 3.40. The minimum absolute atomic E-state index is 0.0259. The lowest BCUT2D eigenvalue weighted by Gasteiger charge is -2.16. The Bertz CT molecular complexity index is 1050. The molecule has 8 heteroatoms. The first-order valence-electron chi connectivity index (χ1n) is 10.9. The van der Waals surface area contributed by atoms with Crippen molar-refractivity contribution in [1.82, 2.24) is 10.6 Å². The highest BCUT2D eigenvalue weighted by atomic mass is 16.5. The van der Waals surface area contributed by atoms with Crippen LogP contribution >= 0.6 is 0 Å². The molecule has 2 aliphatic rings. The van der Waals surface area contributed by atoms with Crippen LogP contribution < -0.4 is 10.6 Å². The molecule has 2 atom stereocenters. The highest BCUT2D eigenvalue weighted by Gasteiger charge is 2.35. The second kappa shape index (κ2) is 9.87. The van der Waals surface area contributed by atoms with Crippen molar-refractivity contribution in [1.29, 1.82) is 0 Å². The summed E-state index contributed by atoms with van der Waals surface area (Å²) < 4.78 is 10.6. The van der Waals surface area contributed by atoms with Crippen LogP contribution in [0.15, 0.2) is 60.2 Å². The molecule has 4 rings (SSSR count). The molecule has 0 saturated carbocycles. The molecule has 1 saturated heterocycles. The normalized spacial score (nSPS) is 19.5. The number of ether oxygens (including phenoxy) is 2. The fraction of sp³-hybridized carbons (Fsp3) is 0.320. The van der Waals surface area contributed by atoms with Gasteiger partial charge in [-0.2, -0.15) is 0 Å². The Hall–Kier alpha value is -3.65. The molecule has 1 fully saturated rings. The van der Waals surface area contributed by atoms with E-state index >= 15 is 0 Å². The molecule has 1 aliphatic heterocycles. The Morgan fingerprint density at radius 1 is 1.09 bits per heavy atom. The van der Waals surface area contributed by atoms with Crippen molar-refractivity contribution in [3.05, 3.63) is 71.3 Å². The second-order valence-electron chi connectivity index (χ2n) is 8.09. The van der Waals surface area contributed by atoms with Crippen LogP contribution in [0.25, 0.3) is 11.1 Å². The van der Waals surface area contributed by atoms with E-state index in [1.807, 2.05) is 24.3 Å². The Kier molecular flexibility index (Phi) is 6.74. The fourth-order valence-electron chi connectivity index (χ4n) is 4.29. The van der Waals surface area contributed by atoms with Gasteiger partial charge in [-0.1, -0.05) is 54.6 Å². The zero-order valence-electron chi connectivity index (χ0n) is 18.2. The van der Waals surface area contributed by atoms with Crippen molar-refractivity contribution in [2.24, 2.45) is 0 Å². The molecular formula is C25H26N2O6. The van der Waals surface area contributed by atoms with Gasteiger partial charge >= 0.3 is 12.1 Å². The summed E-state index contributed by atoms with van der Waals surface area (Å²) in [5.41, 5.74) is 4.95. The summed E-state index contributed by atoms with van der Waals surface area (Å²) in [7, 11) is 0. The van der Waals surface area contributed by atoms with Gasteiger partial charge in [0.05, 0.1) is 6.04 Å². The number of fused-ring (bicyclic) bond motifs is 3. The Morgan fingerprint density at radius 3 is 2.36 bits per heavy atom. The van der Waals surface area contributed by atoms with Crippen LogP contribution in [0.1, 0.15) is 30.4 Å². The first-order valence-corrected chi connectivity index (χ1v) is 10.9. The number of aliphatic carboxylic acids is 1. The van der Waals surface area contributed by atoms with Gasteiger partial charge in [-0.25, -0.2) is 9.59 Å². The maximum atomic E-state index is 12.3. The zero-order valence-corrected chi connectivity index (χ0v) is 18.2. The van der Waals surface area contributed by atoms with Crippen molar-refractivity contribution < 1.29 is 29.0 Å². The van der Waals surface area contributed by atoms with Crippen LogP contribution in [0.3, 0.4) is 0 Å². The van der Waals surface area contributed by atoms with E-state index in [0.29, 0.717) is 12.0 Å². The third-order valence-corrected chi connectivity index (χ3v) is 6.01. The zero-order chi connectivity index (χ0) is 23.4. The van der Waals surface area contributed by atoms with Crippen LogP contribution in [-0.4, -0.2) is 55.0 Å². The molecule has 0 unspecified atom stereocenters. The number of alkyl carbamates (subject to hydrolysis) is 1. The molecule has 0 spiro atoms. The first-order chi connectivity index (χ1) is 16.0. The van der Waals surface area contributed by atoms with E-state index in [0.717, 1.165) is 22.3 Å². The van der Waals surface area contributed by atoms with Crippen LogP contribution in [0.4, 0.5) is 4.79 Å². The highest BCUT2D eigenvalue weighted by Crippen LogP contribution is 2.44. The standard InChI is InChI=1S/C25H26N2O6/c1-15(23(28)27-21-11-13-32-22(21)24(29)30)10-12-26-25(31)33-14-20-18-8-4-2-6-16(18)17-7-3-5-9-19(17)20/h2-10,20-22H,11-14H2,1H3,(H,26,31)(H,27,28)(H,29,30)/b15-10+/t21-,22+/m1/s1. The topological polar surface area (TPSA) is 114 Å². The summed E-state index contributed by atoms with van der Waals surface area (Å²) in [5, 5.41) is 14.4. The van der Waals surface area contributed by atoms with Gasteiger partial charge in [-0.3, -0.25) is 4.79 Å². The predicted octanol–water partition coefficient (Wildman–Crippen LogP) is 2.83. The van der Waals surface area contributed by atoms with Gasteiger partial charge in [0, 0.05) is 24.6 Å². The Morgan fingerprint density at radius 2 is 1.73 bits per heavy atom. The Balaban J connectivity index is 1.27. The molecule has 2 aromatic carbocycles. The van der Waals surface area contributed by atoms with E-state index < -0.39 is 30.1 Å². The van der Waals surface area contributed by atoms with Crippen LogP contribution in [0.5, 0.6) is 0 Å². The monoisotopic (exact) mass is 450 g/mol. The van der Waals surface area contributed by atoms with Crippen molar-refractivity contribution >= 4 is 18.0 Å². The van der Waals surface area contributed by atoms with E-state index in [2.05, 4.69) is 34.9 Å². The van der Waals surface area contributed by atoms with Crippen molar-refractivity contribution in [3.63, 3.8) is 0 Å². The number of amides is 2. The molecular weight excluding hydrogens is 424 g/mol. The number of hydrogen-bond donors (Lipinski definition) is 3. The number of carbonyl (C=O) groups is 3. The average molecular weight is 450 g/mol. The lowest BCUT2D eigenvalue weighted by atomic mass is 9.98. The molecule has 0 aromatic heterocycles. The number of carboxylic acid groups (broad SMARTS) is 1. The minimum Gasteiger partial charge on any atom is -0.479 e. The quantitative estimate of drug-likeness (QED) is 0.559. The minimum atomic E-state index is -1.10. The van der Waals surface area contributed by atoms with Crippen LogP contribution in [-0.2, 0) is 19.1 Å². The van der Waals surface area contributed by atoms with Gasteiger partial charge in [0.1, 0.15) is 6.61 Å². The number of benzene rings is 2. The van der Waals surface area contributed by atoms with E-state index in [1.165, 1.54) is 0 Å². The summed E-state index contributed by atoms with van der Waals surface area (Å²) in [4.78, 5) is 35.7. The van der Waals surface area contributed by atoms with Gasteiger partial charge in [0.25, 0.3) is 0 Å². The third kappa shape index (κ3) is 4.90. The largest absolute Gasteiger partial charge is 0.479 e. The van der Waals surface area contributed by atoms with Gasteiger partial charge in [-0.15, -0.1) is 0 Å². The number of rotatable bonds is 7. The highest BCUT2D eigenvalue weighted by molar-refractivity contribution is 5.93. The lowest BCUT2D eigenvalue weighted by Crippen LogP contribution is -2.44. The van der Waals surface area contributed by atoms with E-state index in [1.54, 1.807) is 13.0 Å². The molecule has 2 amide bonds. The molecule has 0 bridgehead atoms. The second-order valence-corrected chi connectivity index (χ2v) is 8.09. The molecule has 33 heavy (non-hydrogen) atoms. The maximum Gasteiger partial charge on any atom is 0.407 e. The number of carbonyl (C=O) groups excluding carboxylic acids is 2. The van der Waals surface area contributed by atoms with E-state index in [4.69, 9.17) is 14.6 Å². The van der Waals surface area contributed by atoms with Gasteiger partial charge < -0.3 is 25.2 Å². The fourth-order valence-corrected chi connectivity index (χ4v) is 4.29. The summed E-state index contributed by atoms with van der Waals surface area (Å²) in [6, 6.07) is 15.6. The SMILES string of the molecule is C/C(=C\CNC(=O)OCC1c2ccccc2-c2ccccc21)C(=O)N[C@@H]1CCO[C@@H]1C(=O)O. The van der Waals surface area contributed by atoms with Crippen molar-refractivity contribution in [2.45, 2.75) is 31.4 Å².